The third kappa shape index (κ3) is 3.99. The number of fused-ring (bicyclic) bond motifs is 1. The highest BCUT2D eigenvalue weighted by Gasteiger charge is 2.35. The van der Waals surface area contributed by atoms with Crippen LogP contribution in [0.25, 0.3) is 0 Å². The van der Waals surface area contributed by atoms with Gasteiger partial charge >= 0.3 is 0 Å². The predicted molar refractivity (Wildman–Crippen MR) is 104 cm³/mol. The lowest BCUT2D eigenvalue weighted by molar-refractivity contribution is -0.122. The highest BCUT2D eigenvalue weighted by atomic mass is 79.9. The Hall–Kier alpha value is -2.12. The highest BCUT2D eigenvalue weighted by molar-refractivity contribution is 9.10. The van der Waals surface area contributed by atoms with Gasteiger partial charge in [-0.25, -0.2) is 4.98 Å². The maximum Gasteiger partial charge on any atom is 0.260 e. The maximum atomic E-state index is 13.1. The summed E-state index contributed by atoms with van der Waals surface area (Å²) in [4.78, 5) is 31.2. The van der Waals surface area contributed by atoms with E-state index in [0.717, 1.165) is 5.56 Å². The molecule has 6 nitrogen and oxygen atoms in total. The summed E-state index contributed by atoms with van der Waals surface area (Å²) in [5.41, 5.74) is 1.19. The van der Waals surface area contributed by atoms with Gasteiger partial charge in [0.1, 0.15) is 18.5 Å². The molecule has 1 unspecified atom stereocenters. The van der Waals surface area contributed by atoms with Crippen molar-refractivity contribution in [1.29, 1.82) is 0 Å². The Balaban J connectivity index is 2.00. The number of aromatic nitrogens is 1. The zero-order chi connectivity index (χ0) is 18.8. The van der Waals surface area contributed by atoms with E-state index in [1.807, 2.05) is 19.9 Å². The SMILES string of the molecule is CC(C)NC(=O)CN1C(=O)c2cc(Br)cnc2NC1c1cccc(Cl)c1. The molecule has 0 aliphatic carbocycles. The minimum absolute atomic E-state index is 0.0110. The first kappa shape index (κ1) is 18.7. The van der Waals surface area contributed by atoms with Crippen molar-refractivity contribution in [3.8, 4) is 0 Å². The number of benzene rings is 1. The van der Waals surface area contributed by atoms with Crippen molar-refractivity contribution in [3.63, 3.8) is 0 Å². The van der Waals surface area contributed by atoms with Gasteiger partial charge in [0.25, 0.3) is 5.91 Å². The van der Waals surface area contributed by atoms with E-state index in [1.54, 1.807) is 30.5 Å². The van der Waals surface area contributed by atoms with E-state index in [1.165, 1.54) is 4.90 Å². The van der Waals surface area contributed by atoms with E-state index in [0.29, 0.717) is 20.9 Å². The second-order valence-corrected chi connectivity index (χ2v) is 7.66. The summed E-state index contributed by atoms with van der Waals surface area (Å²) in [6, 6.07) is 8.87. The zero-order valence-electron chi connectivity index (χ0n) is 14.3. The predicted octanol–water partition coefficient (Wildman–Crippen LogP) is 3.59. The van der Waals surface area contributed by atoms with E-state index in [-0.39, 0.29) is 24.4 Å². The standard InChI is InChI=1S/C18H18BrClN4O2/c1-10(2)22-15(25)9-24-17(11-4-3-5-13(20)6-11)23-16-14(18(24)26)7-12(19)8-21-16/h3-8,10,17H,9H2,1-2H3,(H,21,23)(H,22,25). The topological polar surface area (TPSA) is 74.3 Å². The lowest BCUT2D eigenvalue weighted by atomic mass is 10.1. The number of anilines is 1. The third-order valence-corrected chi connectivity index (χ3v) is 4.53. The van der Waals surface area contributed by atoms with Crippen LogP contribution in [0.5, 0.6) is 0 Å². The Kier molecular flexibility index (Phi) is 5.48. The highest BCUT2D eigenvalue weighted by Crippen LogP contribution is 2.33. The van der Waals surface area contributed by atoms with Crippen molar-refractivity contribution in [3.05, 3.63) is 57.2 Å². The van der Waals surface area contributed by atoms with Crippen LogP contribution < -0.4 is 10.6 Å². The average Bonchev–Trinajstić information content (AvgIpc) is 2.57. The molecule has 1 aliphatic rings. The van der Waals surface area contributed by atoms with Crippen molar-refractivity contribution < 1.29 is 9.59 Å². The van der Waals surface area contributed by atoms with E-state index in [9.17, 15) is 9.59 Å². The summed E-state index contributed by atoms with van der Waals surface area (Å²) >= 11 is 9.44. The van der Waals surface area contributed by atoms with Crippen molar-refractivity contribution in [2.45, 2.75) is 26.1 Å². The lowest BCUT2D eigenvalue weighted by Crippen LogP contribution is -2.48. The van der Waals surface area contributed by atoms with Crippen LogP contribution in [0.15, 0.2) is 41.0 Å². The molecule has 3 rings (SSSR count). The number of amides is 2. The summed E-state index contributed by atoms with van der Waals surface area (Å²) in [5.74, 6) is -0.0197. The molecule has 1 aromatic heterocycles. The number of nitrogens with one attached hydrogen (secondary N) is 2. The molecule has 0 saturated carbocycles. The van der Waals surface area contributed by atoms with Gasteiger partial charge in [-0.2, -0.15) is 0 Å². The first-order valence-corrected chi connectivity index (χ1v) is 9.30. The fraction of sp³-hybridized carbons (Fsp3) is 0.278. The first-order chi connectivity index (χ1) is 12.3. The van der Waals surface area contributed by atoms with Crippen molar-refractivity contribution in [2.24, 2.45) is 0 Å². The summed E-state index contributed by atoms with van der Waals surface area (Å²) in [6.45, 7) is 3.67. The molecule has 136 valence electrons. The number of hydrogen-bond acceptors (Lipinski definition) is 4. The van der Waals surface area contributed by atoms with Crippen molar-refractivity contribution in [1.82, 2.24) is 15.2 Å². The molecular weight excluding hydrogens is 420 g/mol. The lowest BCUT2D eigenvalue weighted by Gasteiger charge is -2.37. The monoisotopic (exact) mass is 436 g/mol. The minimum Gasteiger partial charge on any atom is -0.352 e. The number of carbonyl (C=O) groups excluding carboxylic acids is 2. The Morgan fingerprint density at radius 3 is 2.88 bits per heavy atom. The molecule has 2 aromatic rings. The van der Waals surface area contributed by atoms with Crippen LogP contribution in [0.1, 0.15) is 35.9 Å². The van der Waals surface area contributed by atoms with Gasteiger partial charge in [-0.15, -0.1) is 0 Å². The van der Waals surface area contributed by atoms with Gasteiger partial charge in [0, 0.05) is 21.7 Å². The van der Waals surface area contributed by atoms with E-state index < -0.39 is 6.17 Å². The average molecular weight is 438 g/mol. The summed E-state index contributed by atoms with van der Waals surface area (Å²) in [6.07, 6.45) is 1.08. The molecule has 2 heterocycles. The van der Waals surface area contributed by atoms with Crippen molar-refractivity contribution in [2.75, 3.05) is 11.9 Å². The quantitative estimate of drug-likeness (QED) is 0.766. The van der Waals surface area contributed by atoms with Crippen LogP contribution in [0.2, 0.25) is 5.02 Å². The molecule has 0 fully saturated rings. The van der Waals surface area contributed by atoms with Gasteiger partial charge in [0.15, 0.2) is 0 Å². The third-order valence-electron chi connectivity index (χ3n) is 3.86. The zero-order valence-corrected chi connectivity index (χ0v) is 16.6. The first-order valence-electron chi connectivity index (χ1n) is 8.13. The van der Waals surface area contributed by atoms with Gasteiger partial charge in [-0.05, 0) is 53.5 Å². The second-order valence-electron chi connectivity index (χ2n) is 6.31. The van der Waals surface area contributed by atoms with E-state index >= 15 is 0 Å². The van der Waals surface area contributed by atoms with E-state index in [4.69, 9.17) is 11.6 Å². The molecule has 2 N–H and O–H groups in total. The normalized spacial score (nSPS) is 16.3. The summed E-state index contributed by atoms with van der Waals surface area (Å²) < 4.78 is 0.694. The molecule has 8 heteroatoms. The molecule has 0 bridgehead atoms. The summed E-state index contributed by atoms with van der Waals surface area (Å²) in [7, 11) is 0. The number of halogens is 2. The number of carbonyl (C=O) groups is 2. The van der Waals surface area contributed by atoms with Crippen LogP contribution in [0, 0.1) is 0 Å². The minimum atomic E-state index is -0.541. The fourth-order valence-corrected chi connectivity index (χ4v) is 3.35. The van der Waals surface area contributed by atoms with Gasteiger partial charge in [0.05, 0.1) is 5.56 Å². The molecule has 0 radical (unpaired) electrons. The number of hydrogen-bond donors (Lipinski definition) is 2. The summed E-state index contributed by atoms with van der Waals surface area (Å²) in [5, 5.41) is 6.61. The van der Waals surface area contributed by atoms with Crippen LogP contribution in [-0.2, 0) is 4.79 Å². The Morgan fingerprint density at radius 1 is 1.42 bits per heavy atom. The van der Waals surface area contributed by atoms with E-state index in [2.05, 4.69) is 31.5 Å². The molecule has 0 spiro atoms. The van der Waals surface area contributed by atoms with Crippen molar-refractivity contribution >= 4 is 45.2 Å². The van der Waals surface area contributed by atoms with Gasteiger partial charge in [-0.1, -0.05) is 23.7 Å². The smallest absolute Gasteiger partial charge is 0.260 e. The largest absolute Gasteiger partial charge is 0.352 e. The Bertz CT molecular complexity index is 859. The maximum absolute atomic E-state index is 13.1. The van der Waals surface area contributed by atoms with Crippen LogP contribution in [0.4, 0.5) is 5.82 Å². The van der Waals surface area contributed by atoms with Gasteiger partial charge in [-0.3, -0.25) is 9.59 Å². The molecule has 0 saturated heterocycles. The molecule has 1 aromatic carbocycles. The Labute approximate surface area is 165 Å². The molecular formula is C18H18BrClN4O2. The van der Waals surface area contributed by atoms with Gasteiger partial charge in [0.2, 0.25) is 5.91 Å². The van der Waals surface area contributed by atoms with Crippen LogP contribution in [0.3, 0.4) is 0 Å². The fourth-order valence-electron chi connectivity index (χ4n) is 2.82. The van der Waals surface area contributed by atoms with Gasteiger partial charge < -0.3 is 15.5 Å². The van der Waals surface area contributed by atoms with Crippen LogP contribution >= 0.6 is 27.5 Å². The molecule has 2 amide bonds. The number of rotatable bonds is 4. The molecule has 26 heavy (non-hydrogen) atoms. The Morgan fingerprint density at radius 2 is 2.19 bits per heavy atom. The second kappa shape index (κ2) is 7.63. The number of nitrogens with zero attached hydrogens (tertiary/aromatic N) is 2. The molecule has 1 atom stereocenters. The number of pyridine rings is 1. The van der Waals surface area contributed by atoms with Crippen LogP contribution in [-0.4, -0.2) is 34.3 Å². The molecule has 1 aliphatic heterocycles.